The zero-order valence-corrected chi connectivity index (χ0v) is 10.2. The average Bonchev–Trinajstić information content (AvgIpc) is 2.28. The van der Waals surface area contributed by atoms with Crippen LogP contribution in [0.3, 0.4) is 0 Å². The number of nitrogens with one attached hydrogen (secondary N) is 1. The highest BCUT2D eigenvalue weighted by atomic mass is 32.2. The molecule has 0 bridgehead atoms. The van der Waals surface area contributed by atoms with Gasteiger partial charge < -0.3 is 5.32 Å². The van der Waals surface area contributed by atoms with Crippen LogP contribution in [0.5, 0.6) is 0 Å². The number of halogens is 3. The number of hydrogen-bond acceptors (Lipinski definition) is 3. The number of alkyl halides is 3. The van der Waals surface area contributed by atoms with Gasteiger partial charge in [-0.15, -0.1) is 6.58 Å². The standard InChI is InChI=1S/C11H12F3NO2S/c1-2-3-8-15-9-6-4-5-7-10(9)18(16,17)11(12,13)14/h2,4-7,15H,1,3,8H2. The molecule has 0 amide bonds. The van der Waals surface area contributed by atoms with Gasteiger partial charge in [0.1, 0.15) is 0 Å². The number of rotatable bonds is 5. The van der Waals surface area contributed by atoms with Crippen molar-refractivity contribution >= 4 is 15.5 Å². The molecule has 0 atom stereocenters. The van der Waals surface area contributed by atoms with Crippen LogP contribution in [0, 0.1) is 0 Å². The fourth-order valence-corrected chi connectivity index (χ4v) is 2.22. The second-order valence-corrected chi connectivity index (χ2v) is 5.36. The maximum Gasteiger partial charge on any atom is 0.501 e. The van der Waals surface area contributed by atoms with E-state index in [9.17, 15) is 21.6 Å². The van der Waals surface area contributed by atoms with E-state index in [-0.39, 0.29) is 5.69 Å². The second kappa shape index (κ2) is 5.43. The van der Waals surface area contributed by atoms with E-state index in [0.29, 0.717) is 13.0 Å². The lowest BCUT2D eigenvalue weighted by atomic mass is 10.3. The molecule has 0 aliphatic carbocycles. The summed E-state index contributed by atoms with van der Waals surface area (Å²) in [7, 11) is -5.33. The van der Waals surface area contributed by atoms with Gasteiger partial charge in [0, 0.05) is 6.54 Å². The van der Waals surface area contributed by atoms with Crippen LogP contribution in [0.2, 0.25) is 0 Å². The maximum atomic E-state index is 12.5. The van der Waals surface area contributed by atoms with Crippen molar-refractivity contribution in [3.05, 3.63) is 36.9 Å². The normalized spacial score (nSPS) is 12.2. The van der Waals surface area contributed by atoms with E-state index in [1.165, 1.54) is 18.2 Å². The van der Waals surface area contributed by atoms with Crippen LogP contribution in [-0.2, 0) is 9.84 Å². The predicted octanol–water partition coefficient (Wildman–Crippen LogP) is 2.97. The van der Waals surface area contributed by atoms with Crippen LogP contribution in [-0.4, -0.2) is 20.5 Å². The summed E-state index contributed by atoms with van der Waals surface area (Å²) in [4.78, 5) is -0.762. The van der Waals surface area contributed by atoms with E-state index in [1.807, 2.05) is 0 Å². The van der Waals surface area contributed by atoms with Crippen LogP contribution in [0.4, 0.5) is 18.9 Å². The van der Waals surface area contributed by atoms with Crippen molar-refractivity contribution in [3.63, 3.8) is 0 Å². The molecule has 0 saturated carbocycles. The summed E-state index contributed by atoms with van der Waals surface area (Å²) in [5.41, 5.74) is -5.36. The Morgan fingerprint density at radius 2 is 1.89 bits per heavy atom. The summed E-state index contributed by atoms with van der Waals surface area (Å²) in [6.45, 7) is 3.78. The molecule has 0 aliphatic rings. The molecule has 0 saturated heterocycles. The number of anilines is 1. The number of sulfone groups is 1. The number of para-hydroxylation sites is 1. The SMILES string of the molecule is C=CCCNc1ccccc1S(=O)(=O)C(F)(F)F. The van der Waals surface area contributed by atoms with Gasteiger partial charge in [-0.3, -0.25) is 0 Å². The third kappa shape index (κ3) is 3.04. The summed E-state index contributed by atoms with van der Waals surface area (Å²) in [5.74, 6) is 0. The fraction of sp³-hybridized carbons (Fsp3) is 0.273. The van der Waals surface area contributed by atoms with Crippen molar-refractivity contribution in [2.24, 2.45) is 0 Å². The first-order valence-electron chi connectivity index (χ1n) is 5.06. The summed E-state index contributed by atoms with van der Waals surface area (Å²) in [6.07, 6.45) is 2.09. The van der Waals surface area contributed by atoms with E-state index >= 15 is 0 Å². The van der Waals surface area contributed by atoms with Crippen LogP contribution >= 0.6 is 0 Å². The molecule has 0 radical (unpaired) electrons. The Morgan fingerprint density at radius 3 is 2.44 bits per heavy atom. The molecule has 1 N–H and O–H groups in total. The monoisotopic (exact) mass is 279 g/mol. The van der Waals surface area contributed by atoms with Crippen molar-refractivity contribution in [1.82, 2.24) is 0 Å². The molecule has 0 spiro atoms. The van der Waals surface area contributed by atoms with Gasteiger partial charge in [0.15, 0.2) is 0 Å². The molecule has 3 nitrogen and oxygen atoms in total. The van der Waals surface area contributed by atoms with Gasteiger partial charge in [0.05, 0.1) is 10.6 Å². The van der Waals surface area contributed by atoms with E-state index < -0.39 is 20.2 Å². The number of hydrogen-bond donors (Lipinski definition) is 1. The highest BCUT2D eigenvalue weighted by molar-refractivity contribution is 7.92. The Labute approximate surface area is 103 Å². The van der Waals surface area contributed by atoms with E-state index in [4.69, 9.17) is 0 Å². The highest BCUT2D eigenvalue weighted by Gasteiger charge is 2.47. The first-order valence-corrected chi connectivity index (χ1v) is 6.54. The van der Waals surface area contributed by atoms with Gasteiger partial charge >= 0.3 is 5.51 Å². The minimum Gasteiger partial charge on any atom is -0.384 e. The molecule has 1 rings (SSSR count). The summed E-state index contributed by atoms with van der Waals surface area (Å²) < 4.78 is 60.0. The van der Waals surface area contributed by atoms with Gasteiger partial charge in [-0.25, -0.2) is 8.42 Å². The summed E-state index contributed by atoms with van der Waals surface area (Å²) >= 11 is 0. The molecule has 100 valence electrons. The lowest BCUT2D eigenvalue weighted by Crippen LogP contribution is -2.24. The van der Waals surface area contributed by atoms with E-state index in [2.05, 4.69) is 11.9 Å². The Kier molecular flexibility index (Phi) is 4.39. The molecule has 1 aromatic rings. The molecule has 0 fully saturated rings. The fourth-order valence-electron chi connectivity index (χ4n) is 1.28. The van der Waals surface area contributed by atoms with Crippen molar-refractivity contribution in [2.45, 2.75) is 16.8 Å². The van der Waals surface area contributed by atoms with Crippen LogP contribution in [0.1, 0.15) is 6.42 Å². The van der Waals surface area contributed by atoms with Gasteiger partial charge in [-0.2, -0.15) is 13.2 Å². The Hall–Kier alpha value is -1.50. The Balaban J connectivity index is 3.13. The van der Waals surface area contributed by atoms with Crippen molar-refractivity contribution < 1.29 is 21.6 Å². The molecule has 0 unspecified atom stereocenters. The molecular formula is C11H12F3NO2S. The van der Waals surface area contributed by atoms with Gasteiger partial charge in [0.2, 0.25) is 0 Å². The zero-order chi connectivity index (χ0) is 13.8. The second-order valence-electron chi connectivity index (χ2n) is 3.45. The highest BCUT2D eigenvalue weighted by Crippen LogP contribution is 2.34. The summed E-state index contributed by atoms with van der Waals surface area (Å²) in [6, 6.07) is 4.93. The number of benzene rings is 1. The van der Waals surface area contributed by atoms with E-state index in [1.54, 1.807) is 6.08 Å². The van der Waals surface area contributed by atoms with Crippen molar-refractivity contribution in [2.75, 3.05) is 11.9 Å². The summed E-state index contributed by atoms with van der Waals surface area (Å²) in [5, 5.41) is 2.64. The Morgan fingerprint density at radius 1 is 1.28 bits per heavy atom. The average molecular weight is 279 g/mol. The van der Waals surface area contributed by atoms with Crippen molar-refractivity contribution in [1.29, 1.82) is 0 Å². The first kappa shape index (κ1) is 14.6. The molecule has 1 aromatic carbocycles. The molecule has 0 aliphatic heterocycles. The minimum atomic E-state index is -5.33. The van der Waals surface area contributed by atoms with E-state index in [0.717, 1.165) is 6.07 Å². The van der Waals surface area contributed by atoms with Crippen molar-refractivity contribution in [3.8, 4) is 0 Å². The maximum absolute atomic E-state index is 12.5. The quantitative estimate of drug-likeness (QED) is 0.666. The Bertz CT molecular complexity index is 523. The van der Waals surface area contributed by atoms with Crippen LogP contribution < -0.4 is 5.32 Å². The molecule has 7 heteroatoms. The topological polar surface area (TPSA) is 46.2 Å². The largest absolute Gasteiger partial charge is 0.501 e. The third-order valence-electron chi connectivity index (χ3n) is 2.15. The van der Waals surface area contributed by atoms with Crippen LogP contribution in [0.15, 0.2) is 41.8 Å². The molecule has 0 heterocycles. The van der Waals surface area contributed by atoms with Gasteiger partial charge in [-0.1, -0.05) is 18.2 Å². The third-order valence-corrected chi connectivity index (χ3v) is 3.69. The first-order chi connectivity index (χ1) is 8.30. The van der Waals surface area contributed by atoms with Gasteiger partial charge in [0.25, 0.3) is 9.84 Å². The smallest absolute Gasteiger partial charge is 0.384 e. The lowest BCUT2D eigenvalue weighted by Gasteiger charge is -2.13. The lowest BCUT2D eigenvalue weighted by molar-refractivity contribution is -0.0435. The predicted molar refractivity (Wildman–Crippen MR) is 63.0 cm³/mol. The molecule has 0 aromatic heterocycles. The molecular weight excluding hydrogens is 267 g/mol. The molecule has 18 heavy (non-hydrogen) atoms. The zero-order valence-electron chi connectivity index (χ0n) is 9.37. The minimum absolute atomic E-state index is 0.0586. The van der Waals surface area contributed by atoms with Gasteiger partial charge in [-0.05, 0) is 18.6 Å². The van der Waals surface area contributed by atoms with Crippen LogP contribution in [0.25, 0.3) is 0 Å².